The van der Waals surface area contributed by atoms with E-state index in [0.717, 1.165) is 0 Å². The molecule has 0 aliphatic carbocycles. The number of hydrogen-bond donors (Lipinski definition) is 0. The molecule has 0 atom stereocenters. The first-order valence-corrected chi connectivity index (χ1v) is 4.10. The molecule has 2 aromatic rings. The summed E-state index contributed by atoms with van der Waals surface area (Å²) in [6.07, 6.45) is 3.28. The molecule has 0 radical (unpaired) electrons. The third kappa shape index (κ3) is 1.44. The summed E-state index contributed by atoms with van der Waals surface area (Å²) in [6, 6.07) is 1.74. The van der Waals surface area contributed by atoms with Crippen LogP contribution in [0.1, 0.15) is 5.82 Å². The standard InChI is InChI=1S/C9H9N3O2/c1-6-11-9(14-12-6)7-5-10-4-3-8(7)13-2/h3-5H,1-2H3. The van der Waals surface area contributed by atoms with E-state index in [1.807, 2.05) is 0 Å². The Balaban J connectivity index is 2.50. The van der Waals surface area contributed by atoms with E-state index < -0.39 is 0 Å². The highest BCUT2D eigenvalue weighted by molar-refractivity contribution is 5.60. The Morgan fingerprint density at radius 2 is 2.29 bits per heavy atom. The van der Waals surface area contributed by atoms with Gasteiger partial charge in [-0.15, -0.1) is 0 Å². The smallest absolute Gasteiger partial charge is 0.263 e. The van der Waals surface area contributed by atoms with Crippen LogP contribution in [0.25, 0.3) is 11.5 Å². The largest absolute Gasteiger partial charge is 0.496 e. The lowest BCUT2D eigenvalue weighted by molar-refractivity contribution is 0.403. The van der Waals surface area contributed by atoms with Gasteiger partial charge in [-0.2, -0.15) is 4.98 Å². The highest BCUT2D eigenvalue weighted by Gasteiger charge is 2.11. The van der Waals surface area contributed by atoms with Gasteiger partial charge in [0.1, 0.15) is 11.3 Å². The lowest BCUT2D eigenvalue weighted by Gasteiger charge is -2.01. The van der Waals surface area contributed by atoms with Crippen LogP contribution in [-0.4, -0.2) is 22.2 Å². The summed E-state index contributed by atoms with van der Waals surface area (Å²) in [5, 5.41) is 3.70. The molecule has 0 N–H and O–H groups in total. The number of ether oxygens (including phenoxy) is 1. The molecule has 0 aromatic carbocycles. The maximum Gasteiger partial charge on any atom is 0.263 e. The van der Waals surface area contributed by atoms with E-state index >= 15 is 0 Å². The third-order valence-corrected chi connectivity index (χ3v) is 1.76. The van der Waals surface area contributed by atoms with E-state index in [2.05, 4.69) is 15.1 Å². The zero-order valence-corrected chi connectivity index (χ0v) is 7.89. The van der Waals surface area contributed by atoms with Gasteiger partial charge in [0.15, 0.2) is 5.82 Å². The van der Waals surface area contributed by atoms with Crippen LogP contribution in [0.15, 0.2) is 23.0 Å². The predicted octanol–water partition coefficient (Wildman–Crippen LogP) is 1.45. The predicted molar refractivity (Wildman–Crippen MR) is 48.8 cm³/mol. The Bertz CT molecular complexity index is 439. The second-order valence-corrected chi connectivity index (χ2v) is 2.72. The highest BCUT2D eigenvalue weighted by Crippen LogP contribution is 2.26. The van der Waals surface area contributed by atoms with E-state index in [1.54, 1.807) is 32.5 Å². The quantitative estimate of drug-likeness (QED) is 0.718. The first kappa shape index (κ1) is 8.68. The van der Waals surface area contributed by atoms with Crippen molar-refractivity contribution in [1.29, 1.82) is 0 Å². The summed E-state index contributed by atoms with van der Waals surface area (Å²) in [5.41, 5.74) is 0.704. The number of nitrogens with zero attached hydrogens (tertiary/aromatic N) is 3. The molecule has 0 aliphatic heterocycles. The Hall–Kier alpha value is -1.91. The van der Waals surface area contributed by atoms with Gasteiger partial charge in [0, 0.05) is 12.4 Å². The summed E-state index contributed by atoms with van der Waals surface area (Å²) >= 11 is 0. The summed E-state index contributed by atoms with van der Waals surface area (Å²) in [4.78, 5) is 8.06. The van der Waals surface area contributed by atoms with Gasteiger partial charge in [-0.1, -0.05) is 5.16 Å². The van der Waals surface area contributed by atoms with Gasteiger partial charge in [0.25, 0.3) is 5.89 Å². The molecule has 0 spiro atoms. The second-order valence-electron chi connectivity index (χ2n) is 2.72. The molecule has 5 nitrogen and oxygen atoms in total. The maximum absolute atomic E-state index is 5.14. The van der Waals surface area contributed by atoms with Crippen molar-refractivity contribution in [3.05, 3.63) is 24.3 Å². The van der Waals surface area contributed by atoms with Gasteiger partial charge in [0.05, 0.1) is 7.11 Å². The lowest BCUT2D eigenvalue weighted by atomic mass is 10.2. The SMILES string of the molecule is COc1ccncc1-c1nc(C)no1. The Labute approximate surface area is 80.7 Å². The summed E-state index contributed by atoms with van der Waals surface area (Å²) in [5.74, 6) is 1.68. The van der Waals surface area contributed by atoms with Crippen molar-refractivity contribution in [1.82, 2.24) is 15.1 Å². The molecule has 0 saturated heterocycles. The van der Waals surface area contributed by atoms with E-state index in [1.165, 1.54) is 0 Å². The number of methoxy groups -OCH3 is 1. The van der Waals surface area contributed by atoms with Crippen molar-refractivity contribution < 1.29 is 9.26 Å². The number of aryl methyl sites for hydroxylation is 1. The van der Waals surface area contributed by atoms with Crippen LogP contribution in [0.5, 0.6) is 5.75 Å². The molecule has 0 amide bonds. The molecule has 0 bridgehead atoms. The van der Waals surface area contributed by atoms with E-state index in [9.17, 15) is 0 Å². The molecule has 2 rings (SSSR count). The molecule has 2 aromatic heterocycles. The van der Waals surface area contributed by atoms with E-state index in [4.69, 9.17) is 9.26 Å². The molecule has 0 saturated carbocycles. The zero-order chi connectivity index (χ0) is 9.97. The fourth-order valence-corrected chi connectivity index (χ4v) is 1.13. The Morgan fingerprint density at radius 3 is 2.93 bits per heavy atom. The van der Waals surface area contributed by atoms with Crippen molar-refractivity contribution in [3.63, 3.8) is 0 Å². The monoisotopic (exact) mass is 191 g/mol. The highest BCUT2D eigenvalue weighted by atomic mass is 16.5. The maximum atomic E-state index is 5.14. The molecule has 72 valence electrons. The van der Waals surface area contributed by atoms with Crippen LogP contribution < -0.4 is 4.74 Å². The van der Waals surface area contributed by atoms with Gasteiger partial charge in [-0.25, -0.2) is 0 Å². The number of rotatable bonds is 2. The first-order chi connectivity index (χ1) is 6.81. The Morgan fingerprint density at radius 1 is 1.43 bits per heavy atom. The van der Waals surface area contributed by atoms with Crippen LogP contribution in [0.4, 0.5) is 0 Å². The fraction of sp³-hybridized carbons (Fsp3) is 0.222. The third-order valence-electron chi connectivity index (χ3n) is 1.76. The van der Waals surface area contributed by atoms with E-state index in [-0.39, 0.29) is 0 Å². The summed E-state index contributed by atoms with van der Waals surface area (Å²) in [6.45, 7) is 1.76. The minimum Gasteiger partial charge on any atom is -0.496 e. The van der Waals surface area contributed by atoms with Crippen LogP contribution in [0.3, 0.4) is 0 Å². The summed E-state index contributed by atoms with van der Waals surface area (Å²) in [7, 11) is 1.59. The van der Waals surface area contributed by atoms with Crippen molar-refractivity contribution in [2.45, 2.75) is 6.92 Å². The van der Waals surface area contributed by atoms with Crippen molar-refractivity contribution in [2.24, 2.45) is 0 Å². The number of aromatic nitrogens is 3. The van der Waals surface area contributed by atoms with Crippen LogP contribution in [0.2, 0.25) is 0 Å². The van der Waals surface area contributed by atoms with Crippen LogP contribution in [0, 0.1) is 6.92 Å². The summed E-state index contributed by atoms with van der Waals surface area (Å²) < 4.78 is 10.2. The molecular weight excluding hydrogens is 182 g/mol. The fourth-order valence-electron chi connectivity index (χ4n) is 1.13. The molecule has 0 aliphatic rings. The normalized spacial score (nSPS) is 10.1. The van der Waals surface area contributed by atoms with Crippen molar-refractivity contribution >= 4 is 0 Å². The topological polar surface area (TPSA) is 61.0 Å². The minimum atomic E-state index is 0.424. The van der Waals surface area contributed by atoms with Gasteiger partial charge in [0.2, 0.25) is 0 Å². The average Bonchev–Trinajstić information content (AvgIpc) is 2.65. The molecular formula is C9H9N3O2. The molecule has 5 heteroatoms. The first-order valence-electron chi connectivity index (χ1n) is 4.10. The number of hydrogen-bond acceptors (Lipinski definition) is 5. The lowest BCUT2D eigenvalue weighted by Crippen LogP contribution is -1.88. The van der Waals surface area contributed by atoms with Crippen LogP contribution >= 0.6 is 0 Å². The average molecular weight is 191 g/mol. The van der Waals surface area contributed by atoms with Gasteiger partial charge >= 0.3 is 0 Å². The van der Waals surface area contributed by atoms with Gasteiger partial charge < -0.3 is 9.26 Å². The minimum absolute atomic E-state index is 0.424. The molecule has 0 fully saturated rings. The zero-order valence-electron chi connectivity index (χ0n) is 7.89. The van der Waals surface area contributed by atoms with E-state index in [0.29, 0.717) is 23.0 Å². The van der Waals surface area contributed by atoms with Gasteiger partial charge in [-0.3, -0.25) is 4.98 Å². The number of pyridine rings is 1. The molecule has 0 unspecified atom stereocenters. The second kappa shape index (κ2) is 3.45. The molecule has 2 heterocycles. The Kier molecular flexibility index (Phi) is 2.14. The van der Waals surface area contributed by atoms with Crippen LogP contribution in [-0.2, 0) is 0 Å². The van der Waals surface area contributed by atoms with Gasteiger partial charge in [-0.05, 0) is 13.0 Å². The van der Waals surface area contributed by atoms with Crippen molar-refractivity contribution in [3.8, 4) is 17.2 Å². The molecule has 14 heavy (non-hydrogen) atoms. The van der Waals surface area contributed by atoms with Crippen molar-refractivity contribution in [2.75, 3.05) is 7.11 Å².